The van der Waals surface area contributed by atoms with Gasteiger partial charge >= 0.3 is 0 Å². The molecular formula is C23H21FN6O3. The van der Waals surface area contributed by atoms with Crippen LogP contribution in [-0.4, -0.2) is 67.3 Å². The summed E-state index contributed by atoms with van der Waals surface area (Å²) in [6.45, 7) is 3.19. The molecule has 1 aliphatic heterocycles. The van der Waals surface area contributed by atoms with Gasteiger partial charge in [-0.05, 0) is 31.2 Å². The van der Waals surface area contributed by atoms with Crippen molar-refractivity contribution in [2.75, 3.05) is 26.2 Å². The van der Waals surface area contributed by atoms with E-state index in [0.29, 0.717) is 43.3 Å². The number of halogens is 1. The zero-order valence-corrected chi connectivity index (χ0v) is 17.9. The minimum atomic E-state index is -0.442. The maximum absolute atomic E-state index is 14.5. The quantitative estimate of drug-likeness (QED) is 0.479. The number of carbonyl (C=O) groups is 2. The molecule has 10 heteroatoms. The Morgan fingerprint density at radius 1 is 0.970 bits per heavy atom. The molecule has 0 radical (unpaired) electrons. The van der Waals surface area contributed by atoms with Gasteiger partial charge in [0, 0.05) is 44.6 Å². The number of amides is 2. The van der Waals surface area contributed by atoms with Gasteiger partial charge in [0.05, 0.1) is 11.9 Å². The molecule has 0 bridgehead atoms. The highest BCUT2D eigenvalue weighted by atomic mass is 19.1. The van der Waals surface area contributed by atoms with Crippen LogP contribution in [-0.2, 0) is 0 Å². The number of piperazine rings is 1. The topological polar surface area (TPSA) is 89.4 Å². The molecule has 0 atom stereocenters. The number of para-hydroxylation sites is 1. The van der Waals surface area contributed by atoms with Crippen molar-refractivity contribution in [2.24, 2.45) is 0 Å². The van der Waals surface area contributed by atoms with E-state index in [4.69, 9.17) is 4.52 Å². The lowest BCUT2D eigenvalue weighted by atomic mass is 10.2. The zero-order valence-electron chi connectivity index (χ0n) is 17.9. The standard InChI is InChI=1S/C23H21FN6O3/c1-16-14-20(33-26-16)23(32)29-12-10-28(11-13-29)22(31)17-15-25-30(19-7-3-2-6-18(19)24)21(17)27-8-4-5-9-27/h2-9,14-15H,10-13H2,1H3. The lowest BCUT2D eigenvalue weighted by Gasteiger charge is -2.34. The first-order chi connectivity index (χ1) is 16.0. The minimum Gasteiger partial charge on any atom is -0.351 e. The van der Waals surface area contributed by atoms with E-state index < -0.39 is 5.82 Å². The van der Waals surface area contributed by atoms with Crippen LogP contribution < -0.4 is 0 Å². The van der Waals surface area contributed by atoms with Gasteiger partial charge in [0.25, 0.3) is 11.8 Å². The van der Waals surface area contributed by atoms with Crippen molar-refractivity contribution in [3.05, 3.63) is 83.9 Å². The number of hydrogen-bond acceptors (Lipinski definition) is 5. The highest BCUT2D eigenvalue weighted by molar-refractivity contribution is 5.97. The Labute approximate surface area is 188 Å². The van der Waals surface area contributed by atoms with Crippen molar-refractivity contribution in [1.29, 1.82) is 0 Å². The lowest BCUT2D eigenvalue weighted by Crippen LogP contribution is -2.50. The number of nitrogens with zero attached hydrogens (tertiary/aromatic N) is 6. The molecule has 0 unspecified atom stereocenters. The molecule has 5 rings (SSSR count). The SMILES string of the molecule is Cc1cc(C(=O)N2CCN(C(=O)c3cnn(-c4ccccc4F)c3-n3cccc3)CC2)on1. The zero-order chi connectivity index (χ0) is 22.9. The van der Waals surface area contributed by atoms with Gasteiger partial charge in [0.15, 0.2) is 5.82 Å². The van der Waals surface area contributed by atoms with Crippen molar-refractivity contribution in [3.63, 3.8) is 0 Å². The highest BCUT2D eigenvalue weighted by Crippen LogP contribution is 2.23. The third-order valence-corrected chi connectivity index (χ3v) is 5.60. The van der Waals surface area contributed by atoms with Crippen molar-refractivity contribution in [3.8, 4) is 11.5 Å². The van der Waals surface area contributed by atoms with Crippen LogP contribution in [0.5, 0.6) is 0 Å². The number of benzene rings is 1. The van der Waals surface area contributed by atoms with Crippen LogP contribution >= 0.6 is 0 Å². The summed E-state index contributed by atoms with van der Waals surface area (Å²) in [6.07, 6.45) is 5.02. The largest absolute Gasteiger partial charge is 0.351 e. The summed E-state index contributed by atoms with van der Waals surface area (Å²) in [5, 5.41) is 8.09. The minimum absolute atomic E-state index is 0.188. The molecular weight excluding hydrogens is 427 g/mol. The smallest absolute Gasteiger partial charge is 0.292 e. The first-order valence-electron chi connectivity index (χ1n) is 10.5. The monoisotopic (exact) mass is 448 g/mol. The summed E-state index contributed by atoms with van der Waals surface area (Å²) in [7, 11) is 0. The molecule has 33 heavy (non-hydrogen) atoms. The summed E-state index contributed by atoms with van der Waals surface area (Å²) >= 11 is 0. The Hall–Kier alpha value is -4.21. The second-order valence-corrected chi connectivity index (χ2v) is 7.75. The Balaban J connectivity index is 1.39. The van der Waals surface area contributed by atoms with Gasteiger partial charge < -0.3 is 18.9 Å². The van der Waals surface area contributed by atoms with E-state index >= 15 is 0 Å². The number of aromatic nitrogens is 4. The average molecular weight is 448 g/mol. The van der Waals surface area contributed by atoms with E-state index in [0.717, 1.165) is 0 Å². The molecule has 4 aromatic rings. The van der Waals surface area contributed by atoms with Crippen LogP contribution in [0, 0.1) is 12.7 Å². The van der Waals surface area contributed by atoms with Gasteiger partial charge in [0.1, 0.15) is 17.1 Å². The third-order valence-electron chi connectivity index (χ3n) is 5.60. The fourth-order valence-corrected chi connectivity index (χ4v) is 3.92. The maximum atomic E-state index is 14.5. The van der Waals surface area contributed by atoms with Crippen LogP contribution in [0.1, 0.15) is 26.6 Å². The molecule has 9 nitrogen and oxygen atoms in total. The molecule has 0 saturated carbocycles. The number of aryl methyl sites for hydroxylation is 1. The molecule has 1 aromatic carbocycles. The lowest BCUT2D eigenvalue weighted by molar-refractivity contribution is 0.0512. The Bertz CT molecular complexity index is 1300. The normalized spacial score (nSPS) is 14.0. The average Bonchev–Trinajstić information content (AvgIpc) is 3.59. The Morgan fingerprint density at radius 3 is 2.27 bits per heavy atom. The summed E-state index contributed by atoms with van der Waals surface area (Å²) in [5.74, 6) is -0.283. The third kappa shape index (κ3) is 3.79. The molecule has 1 saturated heterocycles. The fourth-order valence-electron chi connectivity index (χ4n) is 3.92. The first-order valence-corrected chi connectivity index (χ1v) is 10.5. The molecule has 2 amide bonds. The maximum Gasteiger partial charge on any atom is 0.292 e. The van der Waals surface area contributed by atoms with E-state index in [1.54, 1.807) is 57.9 Å². The summed E-state index contributed by atoms with van der Waals surface area (Å²) in [4.78, 5) is 29.3. The van der Waals surface area contributed by atoms with E-state index in [2.05, 4.69) is 10.3 Å². The Morgan fingerprint density at radius 2 is 1.64 bits per heavy atom. The van der Waals surface area contributed by atoms with Gasteiger partial charge in [-0.3, -0.25) is 9.59 Å². The Kier molecular flexibility index (Phi) is 5.25. The molecule has 1 fully saturated rings. The van der Waals surface area contributed by atoms with Crippen LogP contribution in [0.3, 0.4) is 0 Å². The predicted octanol–water partition coefficient (Wildman–Crippen LogP) is 2.70. The summed E-state index contributed by atoms with van der Waals surface area (Å²) < 4.78 is 22.7. The summed E-state index contributed by atoms with van der Waals surface area (Å²) in [5.41, 5.74) is 1.23. The van der Waals surface area contributed by atoms with Crippen LogP contribution in [0.25, 0.3) is 11.5 Å². The first kappa shape index (κ1) is 20.7. The molecule has 0 aliphatic carbocycles. The van der Waals surface area contributed by atoms with Gasteiger partial charge in [-0.2, -0.15) is 5.10 Å². The second kappa shape index (κ2) is 8.38. The molecule has 0 N–H and O–H groups in total. The van der Waals surface area contributed by atoms with Gasteiger partial charge in [-0.1, -0.05) is 17.3 Å². The highest BCUT2D eigenvalue weighted by Gasteiger charge is 2.30. The van der Waals surface area contributed by atoms with Gasteiger partial charge in [0.2, 0.25) is 5.76 Å². The van der Waals surface area contributed by atoms with Crippen LogP contribution in [0.2, 0.25) is 0 Å². The fraction of sp³-hybridized carbons (Fsp3) is 0.217. The molecule has 3 aromatic heterocycles. The van der Waals surface area contributed by atoms with E-state index in [1.165, 1.54) is 16.9 Å². The summed E-state index contributed by atoms with van der Waals surface area (Å²) in [6, 6.07) is 11.5. The van der Waals surface area contributed by atoms with Crippen LogP contribution in [0.4, 0.5) is 4.39 Å². The number of hydrogen-bond donors (Lipinski definition) is 0. The van der Waals surface area contributed by atoms with E-state index in [1.807, 2.05) is 12.1 Å². The van der Waals surface area contributed by atoms with Crippen molar-refractivity contribution in [1.82, 2.24) is 29.3 Å². The van der Waals surface area contributed by atoms with E-state index in [-0.39, 0.29) is 23.3 Å². The van der Waals surface area contributed by atoms with Gasteiger partial charge in [-0.25, -0.2) is 9.07 Å². The molecule has 0 spiro atoms. The van der Waals surface area contributed by atoms with Gasteiger partial charge in [-0.15, -0.1) is 0 Å². The van der Waals surface area contributed by atoms with E-state index in [9.17, 15) is 14.0 Å². The number of carbonyl (C=O) groups excluding carboxylic acids is 2. The van der Waals surface area contributed by atoms with Crippen molar-refractivity contribution in [2.45, 2.75) is 6.92 Å². The predicted molar refractivity (Wildman–Crippen MR) is 116 cm³/mol. The number of rotatable bonds is 4. The second-order valence-electron chi connectivity index (χ2n) is 7.75. The van der Waals surface area contributed by atoms with Crippen LogP contribution in [0.15, 0.2) is 65.6 Å². The molecule has 168 valence electrons. The van der Waals surface area contributed by atoms with Crippen molar-refractivity contribution >= 4 is 11.8 Å². The van der Waals surface area contributed by atoms with Crippen molar-refractivity contribution < 1.29 is 18.5 Å². The molecule has 1 aliphatic rings. The molecule has 4 heterocycles.